The monoisotopic (exact) mass is 335 g/mol. The highest BCUT2D eigenvalue weighted by molar-refractivity contribution is 5.66. The smallest absolute Gasteiger partial charge is 0.302 e. The molecule has 0 atom stereocenters. The summed E-state index contributed by atoms with van der Waals surface area (Å²) < 4.78 is 25.5. The summed E-state index contributed by atoms with van der Waals surface area (Å²) in [5.74, 6) is -0.625. The molecule has 0 unspecified atom stereocenters. The van der Waals surface area contributed by atoms with E-state index in [0.29, 0.717) is 59.3 Å². The van der Waals surface area contributed by atoms with Gasteiger partial charge in [0.05, 0.1) is 19.8 Å². The van der Waals surface area contributed by atoms with Crippen molar-refractivity contribution in [2.24, 2.45) is 0 Å². The van der Waals surface area contributed by atoms with Crippen LogP contribution in [0.1, 0.15) is 20.8 Å². The van der Waals surface area contributed by atoms with E-state index in [0.717, 1.165) is 0 Å². The first-order valence-corrected chi connectivity index (χ1v) is 7.78. The highest BCUT2D eigenvalue weighted by atomic mass is 16.7. The fourth-order valence-corrected chi connectivity index (χ4v) is 1.59. The van der Waals surface area contributed by atoms with E-state index in [4.69, 9.17) is 23.7 Å². The Morgan fingerprint density at radius 1 is 0.739 bits per heavy atom. The van der Waals surface area contributed by atoms with Gasteiger partial charge in [-0.05, 0) is 6.92 Å². The largest absolute Gasteiger partial charge is 0.465 e. The molecule has 0 bridgehead atoms. The third kappa shape index (κ3) is 17.0. The van der Waals surface area contributed by atoms with Crippen molar-refractivity contribution in [1.82, 2.24) is 4.90 Å². The topological polar surface area (TPSA) is 83.5 Å². The van der Waals surface area contributed by atoms with Gasteiger partial charge in [-0.25, -0.2) is 0 Å². The van der Waals surface area contributed by atoms with Crippen molar-refractivity contribution in [2.45, 2.75) is 20.8 Å². The second kappa shape index (κ2) is 15.7. The van der Waals surface area contributed by atoms with Gasteiger partial charge >= 0.3 is 11.9 Å². The Kier molecular flexibility index (Phi) is 14.8. The summed E-state index contributed by atoms with van der Waals surface area (Å²) in [6.07, 6.45) is 0. The van der Waals surface area contributed by atoms with Crippen LogP contribution in [0.25, 0.3) is 0 Å². The maximum atomic E-state index is 10.8. The first-order chi connectivity index (χ1) is 11.1. The fourth-order valence-electron chi connectivity index (χ4n) is 1.59. The standard InChI is InChI=1S/C15H29NO7/c1-4-19-13-21-12-11-20-8-5-16(6-9-22-14(2)17)7-10-23-15(3)18/h4-13H2,1-3H3. The van der Waals surface area contributed by atoms with Gasteiger partial charge in [-0.15, -0.1) is 0 Å². The second-order valence-electron chi connectivity index (χ2n) is 4.65. The summed E-state index contributed by atoms with van der Waals surface area (Å²) in [6, 6.07) is 0. The summed E-state index contributed by atoms with van der Waals surface area (Å²) in [7, 11) is 0. The second-order valence-corrected chi connectivity index (χ2v) is 4.65. The van der Waals surface area contributed by atoms with E-state index in [9.17, 15) is 9.59 Å². The molecule has 0 heterocycles. The van der Waals surface area contributed by atoms with Crippen molar-refractivity contribution in [3.05, 3.63) is 0 Å². The lowest BCUT2D eigenvalue weighted by molar-refractivity contribution is -0.141. The number of carbonyl (C=O) groups is 2. The Hall–Kier alpha value is -1.22. The molecular weight excluding hydrogens is 306 g/mol. The molecule has 136 valence electrons. The Morgan fingerprint density at radius 3 is 1.78 bits per heavy atom. The van der Waals surface area contributed by atoms with E-state index < -0.39 is 0 Å². The first-order valence-electron chi connectivity index (χ1n) is 7.78. The number of hydrogen-bond donors (Lipinski definition) is 0. The molecule has 0 fully saturated rings. The lowest BCUT2D eigenvalue weighted by Gasteiger charge is -2.21. The predicted octanol–water partition coefficient (Wildman–Crippen LogP) is 0.442. The van der Waals surface area contributed by atoms with Crippen molar-refractivity contribution in [3.63, 3.8) is 0 Å². The molecule has 0 radical (unpaired) electrons. The van der Waals surface area contributed by atoms with Crippen molar-refractivity contribution >= 4 is 11.9 Å². The van der Waals surface area contributed by atoms with Crippen LogP contribution < -0.4 is 0 Å². The van der Waals surface area contributed by atoms with Crippen LogP contribution in [0.3, 0.4) is 0 Å². The third-order valence-electron chi connectivity index (χ3n) is 2.72. The van der Waals surface area contributed by atoms with Gasteiger partial charge in [0.2, 0.25) is 0 Å². The molecule has 0 saturated heterocycles. The van der Waals surface area contributed by atoms with E-state index in [2.05, 4.69) is 0 Å². The van der Waals surface area contributed by atoms with E-state index in [1.54, 1.807) is 0 Å². The summed E-state index contributed by atoms with van der Waals surface area (Å²) in [6.45, 7) is 9.37. The molecule has 0 rings (SSSR count). The van der Waals surface area contributed by atoms with Gasteiger partial charge < -0.3 is 23.7 Å². The normalized spacial score (nSPS) is 10.8. The predicted molar refractivity (Wildman–Crippen MR) is 83.0 cm³/mol. The molecule has 0 spiro atoms. The van der Waals surface area contributed by atoms with Crippen LogP contribution in [0.2, 0.25) is 0 Å². The van der Waals surface area contributed by atoms with Crippen LogP contribution in [-0.4, -0.2) is 82.9 Å². The minimum absolute atomic E-state index is 0.275. The lowest BCUT2D eigenvalue weighted by Crippen LogP contribution is -2.34. The van der Waals surface area contributed by atoms with Gasteiger partial charge in [0.15, 0.2) is 0 Å². The Morgan fingerprint density at radius 2 is 1.26 bits per heavy atom. The van der Waals surface area contributed by atoms with Crippen LogP contribution in [0, 0.1) is 0 Å². The Labute approximate surface area is 137 Å². The van der Waals surface area contributed by atoms with Gasteiger partial charge in [0.1, 0.15) is 20.0 Å². The minimum atomic E-state index is -0.312. The highest BCUT2D eigenvalue weighted by Crippen LogP contribution is 1.92. The van der Waals surface area contributed by atoms with E-state index >= 15 is 0 Å². The SMILES string of the molecule is CCOCOCCOCCN(CCOC(C)=O)CCOC(C)=O. The summed E-state index contributed by atoms with van der Waals surface area (Å²) in [5.41, 5.74) is 0. The van der Waals surface area contributed by atoms with Crippen LogP contribution in [0.5, 0.6) is 0 Å². The molecule has 8 heteroatoms. The summed E-state index contributed by atoms with van der Waals surface area (Å²) >= 11 is 0. The van der Waals surface area contributed by atoms with E-state index in [-0.39, 0.29) is 18.7 Å². The number of nitrogens with zero attached hydrogens (tertiary/aromatic N) is 1. The minimum Gasteiger partial charge on any atom is -0.465 e. The molecular formula is C15H29NO7. The van der Waals surface area contributed by atoms with Crippen LogP contribution >= 0.6 is 0 Å². The lowest BCUT2D eigenvalue weighted by atomic mass is 10.4. The van der Waals surface area contributed by atoms with Gasteiger partial charge in [-0.3, -0.25) is 14.5 Å². The van der Waals surface area contributed by atoms with Crippen molar-refractivity contribution < 1.29 is 33.3 Å². The number of carbonyl (C=O) groups excluding carboxylic acids is 2. The molecule has 0 N–H and O–H groups in total. The average Bonchev–Trinajstić information content (AvgIpc) is 2.48. The van der Waals surface area contributed by atoms with Crippen molar-refractivity contribution in [3.8, 4) is 0 Å². The van der Waals surface area contributed by atoms with Crippen LogP contribution in [-0.2, 0) is 33.3 Å². The maximum Gasteiger partial charge on any atom is 0.302 e. The molecule has 0 saturated carbocycles. The zero-order valence-electron chi connectivity index (χ0n) is 14.4. The number of rotatable bonds is 15. The van der Waals surface area contributed by atoms with E-state index in [1.165, 1.54) is 13.8 Å². The Balaban J connectivity index is 3.76. The molecule has 0 amide bonds. The number of esters is 2. The summed E-state index contributed by atoms with van der Waals surface area (Å²) in [4.78, 5) is 23.6. The molecule has 0 aliphatic heterocycles. The fraction of sp³-hybridized carbons (Fsp3) is 0.867. The Bertz CT molecular complexity index is 292. The highest BCUT2D eigenvalue weighted by Gasteiger charge is 2.07. The van der Waals surface area contributed by atoms with Gasteiger partial charge in [-0.1, -0.05) is 0 Å². The molecule has 0 aromatic rings. The summed E-state index contributed by atoms with van der Waals surface area (Å²) in [5, 5.41) is 0. The first kappa shape index (κ1) is 21.8. The third-order valence-corrected chi connectivity index (χ3v) is 2.72. The zero-order chi connectivity index (χ0) is 17.3. The van der Waals surface area contributed by atoms with Gasteiger partial charge in [0.25, 0.3) is 0 Å². The van der Waals surface area contributed by atoms with Crippen LogP contribution in [0.4, 0.5) is 0 Å². The molecule has 0 aliphatic carbocycles. The average molecular weight is 335 g/mol. The molecule has 0 aromatic carbocycles. The molecule has 0 aliphatic rings. The van der Waals surface area contributed by atoms with Crippen molar-refractivity contribution in [2.75, 3.05) is 66.1 Å². The molecule has 8 nitrogen and oxygen atoms in total. The zero-order valence-corrected chi connectivity index (χ0v) is 14.4. The van der Waals surface area contributed by atoms with E-state index in [1.807, 2.05) is 11.8 Å². The molecule has 0 aromatic heterocycles. The number of hydrogen-bond acceptors (Lipinski definition) is 8. The molecule has 23 heavy (non-hydrogen) atoms. The van der Waals surface area contributed by atoms with Crippen LogP contribution in [0.15, 0.2) is 0 Å². The quantitative estimate of drug-likeness (QED) is 0.242. The maximum absolute atomic E-state index is 10.8. The van der Waals surface area contributed by atoms with Gasteiger partial charge in [0, 0.05) is 40.1 Å². The van der Waals surface area contributed by atoms with Gasteiger partial charge in [-0.2, -0.15) is 0 Å². The number of ether oxygens (including phenoxy) is 5. The van der Waals surface area contributed by atoms with Crippen molar-refractivity contribution in [1.29, 1.82) is 0 Å².